The van der Waals surface area contributed by atoms with Crippen LogP contribution in [0.1, 0.15) is 25.3 Å². The van der Waals surface area contributed by atoms with Gasteiger partial charge in [-0.2, -0.15) is 0 Å². The van der Waals surface area contributed by atoms with E-state index in [1.165, 1.54) is 11.3 Å². The molecule has 0 aliphatic rings. The number of thiazole rings is 1. The number of nitrogens with zero attached hydrogens (tertiary/aromatic N) is 2. The van der Waals surface area contributed by atoms with Gasteiger partial charge in [-0.25, -0.2) is 4.98 Å². The molecule has 0 radical (unpaired) electrons. The van der Waals surface area contributed by atoms with Gasteiger partial charge in [-0.3, -0.25) is 9.69 Å². The van der Waals surface area contributed by atoms with Gasteiger partial charge < -0.3 is 9.47 Å². The first-order valence-corrected chi connectivity index (χ1v) is 9.35. The number of anilines is 1. The number of benzene rings is 2. The van der Waals surface area contributed by atoms with Gasteiger partial charge in [0, 0.05) is 6.42 Å². The van der Waals surface area contributed by atoms with E-state index in [4.69, 9.17) is 14.5 Å². The zero-order valence-electron chi connectivity index (χ0n) is 15.2. The van der Waals surface area contributed by atoms with Gasteiger partial charge in [-0.15, -0.1) is 0 Å². The molecule has 1 aromatic heterocycles. The van der Waals surface area contributed by atoms with Crippen LogP contribution in [0.25, 0.3) is 10.2 Å². The minimum atomic E-state index is 0.0633. The lowest BCUT2D eigenvalue weighted by molar-refractivity contribution is -0.118. The number of aromatic nitrogens is 1. The summed E-state index contributed by atoms with van der Waals surface area (Å²) in [6.45, 7) is 2.49. The van der Waals surface area contributed by atoms with Crippen molar-refractivity contribution in [1.82, 2.24) is 4.98 Å². The molecule has 2 aromatic carbocycles. The second-order valence-corrected chi connectivity index (χ2v) is 6.84. The van der Waals surface area contributed by atoms with Crippen LogP contribution in [0.3, 0.4) is 0 Å². The van der Waals surface area contributed by atoms with Crippen LogP contribution in [0.2, 0.25) is 0 Å². The lowest BCUT2D eigenvalue weighted by atomic mass is 10.2. The molecule has 1 amide bonds. The average Bonchev–Trinajstić information content (AvgIpc) is 3.11. The summed E-state index contributed by atoms with van der Waals surface area (Å²) in [5.74, 6) is 1.46. The zero-order valence-corrected chi connectivity index (χ0v) is 16.0. The van der Waals surface area contributed by atoms with Crippen LogP contribution in [0, 0.1) is 0 Å². The van der Waals surface area contributed by atoms with Gasteiger partial charge in [0.15, 0.2) is 5.13 Å². The van der Waals surface area contributed by atoms with E-state index in [9.17, 15) is 4.79 Å². The maximum absolute atomic E-state index is 12.8. The molecular weight excluding hydrogens is 348 g/mol. The van der Waals surface area contributed by atoms with Crippen molar-refractivity contribution in [2.45, 2.75) is 26.3 Å². The molecule has 0 aliphatic carbocycles. The van der Waals surface area contributed by atoms with Crippen molar-refractivity contribution in [3.8, 4) is 11.5 Å². The topological polar surface area (TPSA) is 51.7 Å². The number of hydrogen-bond acceptors (Lipinski definition) is 5. The Labute approximate surface area is 157 Å². The molecule has 0 saturated carbocycles. The zero-order chi connectivity index (χ0) is 18.5. The number of amides is 1. The quantitative estimate of drug-likeness (QED) is 0.608. The summed E-state index contributed by atoms with van der Waals surface area (Å²) in [5, 5.41) is 0.658. The van der Waals surface area contributed by atoms with Gasteiger partial charge >= 0.3 is 0 Å². The fourth-order valence-corrected chi connectivity index (χ4v) is 3.86. The van der Waals surface area contributed by atoms with Crippen molar-refractivity contribution >= 4 is 32.6 Å². The fourth-order valence-electron chi connectivity index (χ4n) is 2.77. The summed E-state index contributed by atoms with van der Waals surface area (Å²) in [7, 11) is 3.24. The van der Waals surface area contributed by atoms with Crippen molar-refractivity contribution in [3.63, 3.8) is 0 Å². The molecule has 0 N–H and O–H groups in total. The van der Waals surface area contributed by atoms with E-state index in [1.54, 1.807) is 19.1 Å². The molecule has 0 bridgehead atoms. The first-order valence-electron chi connectivity index (χ1n) is 8.53. The van der Waals surface area contributed by atoms with Gasteiger partial charge in [0.1, 0.15) is 21.7 Å². The summed E-state index contributed by atoms with van der Waals surface area (Å²) >= 11 is 1.45. The molecule has 0 atom stereocenters. The molecule has 6 heteroatoms. The van der Waals surface area contributed by atoms with Crippen molar-refractivity contribution in [1.29, 1.82) is 0 Å². The van der Waals surface area contributed by atoms with Crippen molar-refractivity contribution in [2.24, 2.45) is 0 Å². The van der Waals surface area contributed by atoms with E-state index in [1.807, 2.05) is 49.4 Å². The van der Waals surface area contributed by atoms with Crippen molar-refractivity contribution in [2.75, 3.05) is 19.1 Å². The van der Waals surface area contributed by atoms with Crippen LogP contribution in [-0.4, -0.2) is 25.1 Å². The summed E-state index contributed by atoms with van der Waals surface area (Å²) in [6.07, 6.45) is 1.28. The first-order chi connectivity index (χ1) is 12.7. The number of hydrogen-bond donors (Lipinski definition) is 0. The van der Waals surface area contributed by atoms with Gasteiger partial charge in [-0.05, 0) is 24.1 Å². The van der Waals surface area contributed by atoms with Crippen LogP contribution >= 0.6 is 11.3 Å². The first kappa shape index (κ1) is 18.2. The maximum atomic E-state index is 12.8. The van der Waals surface area contributed by atoms with Crippen LogP contribution in [0.15, 0.2) is 42.5 Å². The molecule has 0 saturated heterocycles. The highest BCUT2D eigenvalue weighted by Gasteiger charge is 2.22. The molecule has 3 rings (SSSR count). The maximum Gasteiger partial charge on any atom is 0.229 e. The molecule has 0 unspecified atom stereocenters. The molecule has 136 valence electrons. The number of fused-ring (bicyclic) bond motifs is 1. The highest BCUT2D eigenvalue weighted by molar-refractivity contribution is 7.22. The second kappa shape index (κ2) is 8.19. The van der Waals surface area contributed by atoms with Crippen LogP contribution in [-0.2, 0) is 11.3 Å². The van der Waals surface area contributed by atoms with Crippen molar-refractivity contribution in [3.05, 3.63) is 48.0 Å². The molecule has 3 aromatic rings. The Morgan fingerprint density at radius 3 is 2.42 bits per heavy atom. The Morgan fingerprint density at radius 2 is 1.77 bits per heavy atom. The summed E-state index contributed by atoms with van der Waals surface area (Å²) in [6, 6.07) is 13.6. The Bertz CT molecular complexity index is 852. The standard InChI is InChI=1S/C20H22N2O3S/c1-4-8-17(23)22(13-14-9-6-5-7-10-14)20-21-18-15(24-2)11-12-16(25-3)19(18)26-20/h5-7,9-12H,4,8,13H2,1-3H3. The Morgan fingerprint density at radius 1 is 1.08 bits per heavy atom. The number of ether oxygens (including phenoxy) is 2. The molecule has 0 spiro atoms. The molecule has 26 heavy (non-hydrogen) atoms. The molecule has 5 nitrogen and oxygen atoms in total. The van der Waals surface area contributed by atoms with E-state index >= 15 is 0 Å². The summed E-state index contributed by atoms with van der Waals surface area (Å²) in [5.41, 5.74) is 1.78. The smallest absolute Gasteiger partial charge is 0.229 e. The Balaban J connectivity index is 2.06. The average molecular weight is 370 g/mol. The SMILES string of the molecule is CCCC(=O)N(Cc1ccccc1)c1nc2c(OC)ccc(OC)c2s1. The third-order valence-electron chi connectivity index (χ3n) is 4.08. The predicted octanol–water partition coefficient (Wildman–Crippen LogP) is 4.65. The largest absolute Gasteiger partial charge is 0.495 e. The van der Waals surface area contributed by atoms with E-state index in [0.29, 0.717) is 29.4 Å². The highest BCUT2D eigenvalue weighted by atomic mass is 32.1. The lowest BCUT2D eigenvalue weighted by Crippen LogP contribution is -2.29. The Kier molecular flexibility index (Phi) is 5.73. The third kappa shape index (κ3) is 3.65. The third-order valence-corrected chi connectivity index (χ3v) is 5.17. The number of methoxy groups -OCH3 is 2. The number of carbonyl (C=O) groups is 1. The summed E-state index contributed by atoms with van der Waals surface area (Å²) in [4.78, 5) is 19.2. The minimum absolute atomic E-state index is 0.0633. The molecule has 0 fully saturated rings. The van der Waals surface area contributed by atoms with E-state index in [2.05, 4.69) is 0 Å². The predicted molar refractivity (Wildman–Crippen MR) is 105 cm³/mol. The van der Waals surface area contributed by atoms with Crippen LogP contribution in [0.5, 0.6) is 11.5 Å². The fraction of sp³-hybridized carbons (Fsp3) is 0.300. The van der Waals surface area contributed by atoms with E-state index < -0.39 is 0 Å². The van der Waals surface area contributed by atoms with E-state index in [-0.39, 0.29) is 5.91 Å². The molecular formula is C20H22N2O3S. The van der Waals surface area contributed by atoms with Gasteiger partial charge in [-0.1, -0.05) is 48.6 Å². The second-order valence-electron chi connectivity index (χ2n) is 5.86. The van der Waals surface area contributed by atoms with Crippen LogP contribution < -0.4 is 14.4 Å². The van der Waals surface area contributed by atoms with Gasteiger partial charge in [0.25, 0.3) is 0 Å². The normalized spacial score (nSPS) is 10.7. The highest BCUT2D eigenvalue weighted by Crippen LogP contribution is 2.40. The molecule has 0 aliphatic heterocycles. The lowest BCUT2D eigenvalue weighted by Gasteiger charge is -2.19. The summed E-state index contributed by atoms with van der Waals surface area (Å²) < 4.78 is 11.8. The monoisotopic (exact) mass is 370 g/mol. The van der Waals surface area contributed by atoms with E-state index in [0.717, 1.165) is 22.4 Å². The van der Waals surface area contributed by atoms with Crippen LogP contribution in [0.4, 0.5) is 5.13 Å². The number of rotatable bonds is 7. The van der Waals surface area contributed by atoms with Crippen molar-refractivity contribution < 1.29 is 14.3 Å². The molecule has 1 heterocycles. The van der Waals surface area contributed by atoms with Gasteiger partial charge in [0.2, 0.25) is 5.91 Å². The van der Waals surface area contributed by atoms with Gasteiger partial charge in [0.05, 0.1) is 20.8 Å². The minimum Gasteiger partial charge on any atom is -0.495 e. The number of carbonyl (C=O) groups excluding carboxylic acids is 1. The Hall–Kier alpha value is -2.60.